The molecule has 0 radical (unpaired) electrons. The number of rotatable bonds is 6. The van der Waals surface area contributed by atoms with Gasteiger partial charge in [-0.15, -0.1) is 0 Å². The van der Waals surface area contributed by atoms with E-state index in [1.165, 1.54) is 48.8 Å². The fourth-order valence-electron chi connectivity index (χ4n) is 3.78. The van der Waals surface area contributed by atoms with E-state index < -0.39 is 0 Å². The van der Waals surface area contributed by atoms with E-state index in [1.54, 1.807) is 0 Å². The molecule has 1 unspecified atom stereocenters. The summed E-state index contributed by atoms with van der Waals surface area (Å²) in [5, 5.41) is 3.54. The molecule has 2 nitrogen and oxygen atoms in total. The molecular weight excluding hydrogens is 256 g/mol. The maximum Gasteiger partial charge on any atom is 0.0449 e. The Morgan fingerprint density at radius 2 is 1.90 bits per heavy atom. The SMILES string of the molecule is CCN(CC(NC)c1ccc(C)cc1C)C1CCCCC1. The molecule has 1 atom stereocenters. The van der Waals surface area contributed by atoms with Crippen molar-refractivity contribution in [3.8, 4) is 0 Å². The Kier molecular flexibility index (Phi) is 6.25. The molecular formula is C19H32N2. The number of aryl methyl sites for hydroxylation is 2. The Morgan fingerprint density at radius 3 is 2.48 bits per heavy atom. The van der Waals surface area contributed by atoms with Crippen LogP contribution in [0.25, 0.3) is 0 Å². The van der Waals surface area contributed by atoms with E-state index in [0.717, 1.165) is 19.1 Å². The number of hydrogen-bond donors (Lipinski definition) is 1. The van der Waals surface area contributed by atoms with Crippen molar-refractivity contribution in [3.63, 3.8) is 0 Å². The molecule has 0 heterocycles. The molecule has 2 rings (SSSR count). The zero-order valence-corrected chi connectivity index (χ0v) is 14.3. The first-order chi connectivity index (χ1) is 10.2. The van der Waals surface area contributed by atoms with E-state index in [1.807, 2.05) is 0 Å². The van der Waals surface area contributed by atoms with Crippen LogP contribution in [0.2, 0.25) is 0 Å². The summed E-state index contributed by atoms with van der Waals surface area (Å²) in [6.45, 7) is 9.01. The van der Waals surface area contributed by atoms with Crippen LogP contribution >= 0.6 is 0 Å². The smallest absolute Gasteiger partial charge is 0.0449 e. The van der Waals surface area contributed by atoms with Crippen LogP contribution < -0.4 is 5.32 Å². The van der Waals surface area contributed by atoms with Crippen molar-refractivity contribution < 1.29 is 0 Å². The van der Waals surface area contributed by atoms with Gasteiger partial charge in [-0.1, -0.05) is 49.9 Å². The summed E-state index contributed by atoms with van der Waals surface area (Å²) in [5.74, 6) is 0. The summed E-state index contributed by atoms with van der Waals surface area (Å²) in [6.07, 6.45) is 7.03. The van der Waals surface area contributed by atoms with Gasteiger partial charge in [0, 0.05) is 18.6 Å². The molecule has 1 N–H and O–H groups in total. The molecule has 0 saturated heterocycles. The highest BCUT2D eigenvalue weighted by Gasteiger charge is 2.23. The van der Waals surface area contributed by atoms with Crippen LogP contribution in [-0.2, 0) is 0 Å². The van der Waals surface area contributed by atoms with E-state index in [9.17, 15) is 0 Å². The van der Waals surface area contributed by atoms with Gasteiger partial charge in [0.2, 0.25) is 0 Å². The standard InChI is InChI=1S/C19H32N2/c1-5-21(17-9-7-6-8-10-17)14-19(20-4)18-12-11-15(2)13-16(18)3/h11-13,17,19-20H,5-10,14H2,1-4H3. The van der Waals surface area contributed by atoms with Crippen molar-refractivity contribution in [1.82, 2.24) is 10.2 Å². The molecule has 0 bridgehead atoms. The zero-order chi connectivity index (χ0) is 15.2. The molecule has 1 aromatic rings. The molecule has 1 aliphatic carbocycles. The van der Waals surface area contributed by atoms with Crippen molar-refractivity contribution in [2.75, 3.05) is 20.1 Å². The molecule has 2 heteroatoms. The molecule has 1 fully saturated rings. The van der Waals surface area contributed by atoms with Crippen molar-refractivity contribution in [2.24, 2.45) is 0 Å². The van der Waals surface area contributed by atoms with Crippen molar-refractivity contribution in [3.05, 3.63) is 34.9 Å². The van der Waals surface area contributed by atoms with Crippen LogP contribution in [0.15, 0.2) is 18.2 Å². The average Bonchev–Trinajstić information content (AvgIpc) is 2.50. The van der Waals surface area contributed by atoms with Crippen molar-refractivity contribution >= 4 is 0 Å². The van der Waals surface area contributed by atoms with E-state index in [4.69, 9.17) is 0 Å². The summed E-state index contributed by atoms with van der Waals surface area (Å²) in [4.78, 5) is 2.69. The van der Waals surface area contributed by atoms with E-state index >= 15 is 0 Å². The molecule has 1 saturated carbocycles. The number of likely N-dealkylation sites (N-methyl/N-ethyl adjacent to an activating group) is 2. The lowest BCUT2D eigenvalue weighted by atomic mass is 9.93. The van der Waals surface area contributed by atoms with Gasteiger partial charge in [-0.25, -0.2) is 0 Å². The number of nitrogens with zero attached hydrogens (tertiary/aromatic N) is 1. The number of nitrogens with one attached hydrogen (secondary N) is 1. The molecule has 1 aromatic carbocycles. The zero-order valence-electron chi connectivity index (χ0n) is 14.3. The minimum atomic E-state index is 0.437. The van der Waals surface area contributed by atoms with Gasteiger partial charge >= 0.3 is 0 Å². The lowest BCUT2D eigenvalue weighted by Gasteiger charge is -2.36. The fraction of sp³-hybridized carbons (Fsp3) is 0.684. The Balaban J connectivity index is 2.09. The van der Waals surface area contributed by atoms with Gasteiger partial charge < -0.3 is 5.32 Å². The Morgan fingerprint density at radius 1 is 1.19 bits per heavy atom. The Hall–Kier alpha value is -0.860. The summed E-state index contributed by atoms with van der Waals surface area (Å²) < 4.78 is 0. The van der Waals surface area contributed by atoms with Crippen molar-refractivity contribution in [2.45, 2.75) is 65.0 Å². The van der Waals surface area contributed by atoms with Crippen LogP contribution in [0.5, 0.6) is 0 Å². The van der Waals surface area contributed by atoms with Crippen LogP contribution in [0, 0.1) is 13.8 Å². The number of hydrogen-bond acceptors (Lipinski definition) is 2. The Bertz CT molecular complexity index is 435. The second-order valence-corrected chi connectivity index (χ2v) is 6.58. The molecule has 118 valence electrons. The van der Waals surface area contributed by atoms with Gasteiger partial charge in [-0.05, 0) is 51.4 Å². The topological polar surface area (TPSA) is 15.3 Å². The minimum absolute atomic E-state index is 0.437. The third-order valence-electron chi connectivity index (χ3n) is 5.06. The number of benzene rings is 1. The maximum atomic E-state index is 3.54. The first-order valence-corrected chi connectivity index (χ1v) is 8.64. The minimum Gasteiger partial charge on any atom is -0.312 e. The highest BCUT2D eigenvalue weighted by atomic mass is 15.2. The summed E-state index contributed by atoms with van der Waals surface area (Å²) in [5.41, 5.74) is 4.22. The third-order valence-corrected chi connectivity index (χ3v) is 5.06. The predicted octanol–water partition coefficient (Wildman–Crippen LogP) is 4.22. The first kappa shape index (κ1) is 16.5. The largest absolute Gasteiger partial charge is 0.312 e. The highest BCUT2D eigenvalue weighted by molar-refractivity contribution is 5.33. The van der Waals surface area contributed by atoms with Crippen LogP contribution in [0.4, 0.5) is 0 Å². The van der Waals surface area contributed by atoms with Crippen LogP contribution in [0.3, 0.4) is 0 Å². The predicted molar refractivity (Wildman–Crippen MR) is 91.8 cm³/mol. The Labute approximate surface area is 130 Å². The van der Waals surface area contributed by atoms with Crippen LogP contribution in [-0.4, -0.2) is 31.1 Å². The molecule has 0 aliphatic heterocycles. The van der Waals surface area contributed by atoms with Gasteiger partial charge in [-0.2, -0.15) is 0 Å². The van der Waals surface area contributed by atoms with E-state index in [0.29, 0.717) is 6.04 Å². The van der Waals surface area contributed by atoms with Crippen LogP contribution in [0.1, 0.15) is 61.8 Å². The average molecular weight is 288 g/mol. The summed E-state index contributed by atoms with van der Waals surface area (Å²) >= 11 is 0. The summed E-state index contributed by atoms with van der Waals surface area (Å²) in [6, 6.07) is 8.08. The first-order valence-electron chi connectivity index (χ1n) is 8.64. The van der Waals surface area contributed by atoms with Gasteiger partial charge in [0.1, 0.15) is 0 Å². The lowest BCUT2D eigenvalue weighted by molar-refractivity contribution is 0.149. The molecule has 21 heavy (non-hydrogen) atoms. The third kappa shape index (κ3) is 4.31. The second-order valence-electron chi connectivity index (χ2n) is 6.58. The molecule has 0 amide bonds. The van der Waals surface area contributed by atoms with E-state index in [2.05, 4.69) is 56.2 Å². The van der Waals surface area contributed by atoms with Crippen molar-refractivity contribution in [1.29, 1.82) is 0 Å². The summed E-state index contributed by atoms with van der Waals surface area (Å²) in [7, 11) is 2.10. The van der Waals surface area contributed by atoms with Gasteiger partial charge in [0.15, 0.2) is 0 Å². The second kappa shape index (κ2) is 7.95. The van der Waals surface area contributed by atoms with Gasteiger partial charge in [0.05, 0.1) is 0 Å². The lowest BCUT2D eigenvalue weighted by Crippen LogP contribution is -2.41. The highest BCUT2D eigenvalue weighted by Crippen LogP contribution is 2.26. The maximum absolute atomic E-state index is 3.54. The molecule has 0 spiro atoms. The quantitative estimate of drug-likeness (QED) is 0.843. The normalized spacial score (nSPS) is 18.1. The molecule has 1 aliphatic rings. The molecule has 0 aromatic heterocycles. The van der Waals surface area contributed by atoms with E-state index in [-0.39, 0.29) is 0 Å². The van der Waals surface area contributed by atoms with Gasteiger partial charge in [-0.3, -0.25) is 4.90 Å². The fourth-order valence-corrected chi connectivity index (χ4v) is 3.78. The van der Waals surface area contributed by atoms with Gasteiger partial charge in [0.25, 0.3) is 0 Å². The monoisotopic (exact) mass is 288 g/mol.